The number of ether oxygens (including phenoxy) is 2. The number of aromatic nitrogens is 1. The van der Waals surface area contributed by atoms with Crippen LogP contribution < -0.4 is 14.4 Å². The number of nitrogens with zero attached hydrogens (tertiary/aromatic N) is 2. The molecule has 5 nitrogen and oxygen atoms in total. The lowest BCUT2D eigenvalue weighted by Gasteiger charge is -2.29. The fourth-order valence-corrected chi connectivity index (χ4v) is 2.83. The summed E-state index contributed by atoms with van der Waals surface area (Å²) in [5.74, 6) is 0.319. The smallest absolute Gasteiger partial charge is 0.481 e. The van der Waals surface area contributed by atoms with Crippen LogP contribution in [-0.4, -0.2) is 37.3 Å². The van der Waals surface area contributed by atoms with Crippen molar-refractivity contribution in [3.05, 3.63) is 36.4 Å². The van der Waals surface area contributed by atoms with Gasteiger partial charge < -0.3 is 14.4 Å². The van der Waals surface area contributed by atoms with Gasteiger partial charge >= 0.3 is 6.36 Å². The molecule has 0 radical (unpaired) electrons. The molecule has 3 rings (SSSR count). The van der Waals surface area contributed by atoms with E-state index < -0.39 is 6.36 Å². The van der Waals surface area contributed by atoms with Gasteiger partial charge in [-0.25, -0.2) is 4.98 Å². The van der Waals surface area contributed by atoms with Crippen molar-refractivity contribution < 1.29 is 27.4 Å². The molecule has 0 saturated carbocycles. The second-order valence-electron chi connectivity index (χ2n) is 5.82. The summed E-state index contributed by atoms with van der Waals surface area (Å²) < 4.78 is 46.0. The zero-order valence-corrected chi connectivity index (χ0v) is 14.0. The van der Waals surface area contributed by atoms with E-state index in [2.05, 4.69) is 9.72 Å². The molecule has 1 aromatic carbocycles. The Morgan fingerprint density at radius 1 is 1.04 bits per heavy atom. The molecule has 0 N–H and O–H groups in total. The van der Waals surface area contributed by atoms with E-state index >= 15 is 0 Å². The van der Waals surface area contributed by atoms with Crippen molar-refractivity contribution in [3.8, 4) is 22.9 Å². The molecular formula is C18H17F3N2O3. The van der Waals surface area contributed by atoms with Crippen molar-refractivity contribution in [3.63, 3.8) is 0 Å². The van der Waals surface area contributed by atoms with Crippen LogP contribution in [-0.2, 0) is 4.79 Å². The first-order valence-corrected chi connectivity index (χ1v) is 8.03. The number of Topliss-reactive ketones (excluding diaryl/α,β-unsaturated/α-hetero) is 1. The van der Waals surface area contributed by atoms with Crippen LogP contribution in [0.25, 0.3) is 11.3 Å². The first-order chi connectivity index (χ1) is 12.4. The molecule has 1 aliphatic heterocycles. The number of piperidine rings is 1. The number of benzene rings is 1. The second-order valence-corrected chi connectivity index (χ2v) is 5.82. The van der Waals surface area contributed by atoms with Gasteiger partial charge in [0.05, 0.1) is 18.5 Å². The Kier molecular flexibility index (Phi) is 5.01. The van der Waals surface area contributed by atoms with E-state index in [9.17, 15) is 18.0 Å². The summed E-state index contributed by atoms with van der Waals surface area (Å²) in [5, 5.41) is 0. The average Bonchev–Trinajstić information content (AvgIpc) is 2.61. The number of pyridine rings is 1. The minimum absolute atomic E-state index is 0.220. The fourth-order valence-electron chi connectivity index (χ4n) is 2.83. The normalized spacial score (nSPS) is 15.1. The Morgan fingerprint density at radius 2 is 1.69 bits per heavy atom. The Bertz CT molecular complexity index is 781. The summed E-state index contributed by atoms with van der Waals surface area (Å²) in [6, 6.07) is 9.08. The van der Waals surface area contributed by atoms with Gasteiger partial charge in [0.1, 0.15) is 11.5 Å². The number of halogens is 3. The zero-order valence-electron chi connectivity index (χ0n) is 14.0. The summed E-state index contributed by atoms with van der Waals surface area (Å²) in [6.45, 7) is 1.16. The third kappa shape index (κ3) is 4.25. The van der Waals surface area contributed by atoms with Gasteiger partial charge in [0.15, 0.2) is 0 Å². The van der Waals surface area contributed by atoms with E-state index in [-0.39, 0.29) is 11.5 Å². The fraction of sp³-hybridized carbons (Fsp3) is 0.333. The lowest BCUT2D eigenvalue weighted by Crippen LogP contribution is -2.34. The van der Waals surface area contributed by atoms with Crippen LogP contribution in [0.3, 0.4) is 0 Å². The first-order valence-electron chi connectivity index (χ1n) is 8.03. The molecule has 0 atom stereocenters. The first kappa shape index (κ1) is 18.0. The molecule has 138 valence electrons. The minimum atomic E-state index is -4.73. The maximum atomic E-state index is 12.3. The second kappa shape index (κ2) is 7.23. The molecule has 1 fully saturated rings. The molecule has 1 saturated heterocycles. The van der Waals surface area contributed by atoms with Gasteiger partial charge in [-0.2, -0.15) is 0 Å². The van der Waals surface area contributed by atoms with Crippen LogP contribution in [0.2, 0.25) is 0 Å². The molecule has 0 amide bonds. The number of alkyl halides is 3. The Morgan fingerprint density at radius 3 is 2.27 bits per heavy atom. The number of carbonyl (C=O) groups excluding carboxylic acids is 1. The predicted octanol–water partition coefficient (Wildman–Crippen LogP) is 3.83. The van der Waals surface area contributed by atoms with Gasteiger partial charge in [-0.3, -0.25) is 4.79 Å². The number of ketones is 1. The monoisotopic (exact) mass is 366 g/mol. The van der Waals surface area contributed by atoms with Crippen molar-refractivity contribution >= 4 is 11.5 Å². The van der Waals surface area contributed by atoms with Crippen LogP contribution in [0.15, 0.2) is 36.4 Å². The van der Waals surface area contributed by atoms with Crippen LogP contribution in [0.4, 0.5) is 18.9 Å². The summed E-state index contributed by atoms with van der Waals surface area (Å²) in [4.78, 5) is 18.0. The van der Waals surface area contributed by atoms with Crippen LogP contribution in [0.1, 0.15) is 12.8 Å². The molecule has 0 unspecified atom stereocenters. The molecule has 2 aromatic rings. The molecule has 1 aromatic heterocycles. The quantitative estimate of drug-likeness (QED) is 0.823. The molecule has 0 bridgehead atoms. The van der Waals surface area contributed by atoms with Gasteiger partial charge in [0.25, 0.3) is 0 Å². The van der Waals surface area contributed by atoms with E-state index in [0.29, 0.717) is 43.1 Å². The third-order valence-corrected chi connectivity index (χ3v) is 4.08. The molecule has 0 aliphatic carbocycles. The van der Waals surface area contributed by atoms with Gasteiger partial charge in [-0.15, -0.1) is 13.2 Å². The zero-order chi connectivity index (χ0) is 18.7. The highest BCUT2D eigenvalue weighted by atomic mass is 19.4. The summed E-state index contributed by atoms with van der Waals surface area (Å²) in [6.07, 6.45) is -3.81. The van der Waals surface area contributed by atoms with Crippen molar-refractivity contribution in [2.24, 2.45) is 0 Å². The van der Waals surface area contributed by atoms with E-state index in [1.165, 1.54) is 31.4 Å². The van der Waals surface area contributed by atoms with Crippen molar-refractivity contribution in [2.75, 3.05) is 25.1 Å². The molecule has 8 heteroatoms. The Hall–Kier alpha value is -2.77. The lowest BCUT2D eigenvalue weighted by atomic mass is 10.1. The van der Waals surface area contributed by atoms with Gasteiger partial charge in [-0.1, -0.05) is 0 Å². The Balaban J connectivity index is 1.93. The SMILES string of the molecule is COc1ccc(N2CCC(=O)CC2)c(-c2ccc(OC(F)(F)F)cc2)n1. The van der Waals surface area contributed by atoms with E-state index in [0.717, 1.165) is 5.69 Å². The third-order valence-electron chi connectivity index (χ3n) is 4.08. The summed E-state index contributed by atoms with van der Waals surface area (Å²) in [5.41, 5.74) is 2.02. The molecule has 1 aliphatic rings. The van der Waals surface area contributed by atoms with E-state index in [1.807, 2.05) is 11.0 Å². The average molecular weight is 366 g/mol. The van der Waals surface area contributed by atoms with Crippen LogP contribution >= 0.6 is 0 Å². The number of carbonyl (C=O) groups is 1. The molecule has 26 heavy (non-hydrogen) atoms. The predicted molar refractivity (Wildman–Crippen MR) is 89.4 cm³/mol. The summed E-state index contributed by atoms with van der Waals surface area (Å²) >= 11 is 0. The van der Waals surface area contributed by atoms with E-state index in [1.54, 1.807) is 6.07 Å². The topological polar surface area (TPSA) is 51.7 Å². The van der Waals surface area contributed by atoms with Crippen molar-refractivity contribution in [1.82, 2.24) is 4.98 Å². The minimum Gasteiger partial charge on any atom is -0.481 e. The molecule has 0 spiro atoms. The number of rotatable bonds is 4. The van der Waals surface area contributed by atoms with E-state index in [4.69, 9.17) is 4.74 Å². The number of hydrogen-bond donors (Lipinski definition) is 0. The van der Waals surface area contributed by atoms with Crippen LogP contribution in [0, 0.1) is 0 Å². The van der Waals surface area contributed by atoms with Gasteiger partial charge in [0, 0.05) is 37.6 Å². The molecule has 2 heterocycles. The number of methoxy groups -OCH3 is 1. The number of hydrogen-bond acceptors (Lipinski definition) is 5. The van der Waals surface area contributed by atoms with Crippen LogP contribution in [0.5, 0.6) is 11.6 Å². The highest BCUT2D eigenvalue weighted by Crippen LogP contribution is 2.34. The van der Waals surface area contributed by atoms with Gasteiger partial charge in [0.2, 0.25) is 5.88 Å². The maximum Gasteiger partial charge on any atom is 0.573 e. The van der Waals surface area contributed by atoms with Crippen molar-refractivity contribution in [1.29, 1.82) is 0 Å². The Labute approximate surface area is 148 Å². The molecular weight excluding hydrogens is 349 g/mol. The summed E-state index contributed by atoms with van der Waals surface area (Å²) in [7, 11) is 1.49. The number of anilines is 1. The largest absolute Gasteiger partial charge is 0.573 e. The maximum absolute atomic E-state index is 12.3. The lowest BCUT2D eigenvalue weighted by molar-refractivity contribution is -0.274. The van der Waals surface area contributed by atoms with Gasteiger partial charge in [-0.05, 0) is 30.3 Å². The highest BCUT2D eigenvalue weighted by Gasteiger charge is 2.31. The standard InChI is InChI=1S/C18H17F3N2O3/c1-25-16-7-6-15(23-10-8-13(24)9-11-23)17(22-16)12-2-4-14(5-3-12)26-18(19,20)21/h2-7H,8-11H2,1H3. The highest BCUT2D eigenvalue weighted by molar-refractivity contribution is 5.83. The van der Waals surface area contributed by atoms with Crippen molar-refractivity contribution in [2.45, 2.75) is 19.2 Å².